The van der Waals surface area contributed by atoms with Crippen LogP contribution in [-0.2, 0) is 4.74 Å². The van der Waals surface area contributed by atoms with E-state index in [2.05, 4.69) is 35.2 Å². The Morgan fingerprint density at radius 1 is 1.29 bits per heavy atom. The largest absolute Gasteiger partial charge is 0.393 e. The second kappa shape index (κ2) is 9.21. The third kappa shape index (κ3) is 5.63. The average Bonchev–Trinajstić information content (AvgIpc) is 3.28. The predicted octanol–water partition coefficient (Wildman–Crippen LogP) is 4.95. The van der Waals surface area contributed by atoms with Crippen LogP contribution in [0.15, 0.2) is 24.4 Å². The summed E-state index contributed by atoms with van der Waals surface area (Å²) in [5.74, 6) is -0.220. The number of nitriles is 1. The maximum atomic E-state index is 12.9. The number of carbonyl (C=O) groups excluding carboxylic acids is 1. The second-order valence-corrected chi connectivity index (χ2v) is 11.5. The smallest absolute Gasteiger partial charge is 0.291 e. The third-order valence-corrected chi connectivity index (χ3v) is 7.04. The summed E-state index contributed by atoms with van der Waals surface area (Å²) in [6.45, 7) is 10.5. The quantitative estimate of drug-likeness (QED) is 0.560. The summed E-state index contributed by atoms with van der Waals surface area (Å²) < 4.78 is 6.19. The third-order valence-electron chi connectivity index (χ3n) is 7.04. The molecule has 2 aromatic rings. The molecule has 186 valence electrons. The van der Waals surface area contributed by atoms with Crippen molar-refractivity contribution in [2.45, 2.75) is 83.8 Å². The van der Waals surface area contributed by atoms with E-state index in [1.165, 1.54) is 6.20 Å². The van der Waals surface area contributed by atoms with Crippen LogP contribution in [-0.4, -0.2) is 43.8 Å². The molecule has 4 rings (SSSR count). The van der Waals surface area contributed by atoms with E-state index < -0.39 is 11.5 Å². The van der Waals surface area contributed by atoms with E-state index in [0.29, 0.717) is 12.1 Å². The van der Waals surface area contributed by atoms with Gasteiger partial charge in [-0.25, -0.2) is 4.98 Å². The van der Waals surface area contributed by atoms with E-state index in [4.69, 9.17) is 15.0 Å². The fourth-order valence-corrected chi connectivity index (χ4v) is 5.26. The molecule has 0 aromatic carbocycles. The molecule has 3 N–H and O–H groups in total. The standard InChI is InChI=1S/C27H35N5O3/c1-25(2)10-8-17(9-11-25)22-21(32-24(34)23-29-15-19(14-28)30-23)7-6-20(31-22)18-12-26(3,4)35-27(5,13-18)16-33/h6-8,15,18,33H,9-13,16H2,1-5H3,(H,29,30)(H,32,34)/t18-,27+/m0/s1. The SMILES string of the molecule is CC1(C)CC=C(c2nc([C@H]3CC(C)(C)O[C@@](C)(CO)C3)ccc2NC(=O)c2ncc(C#N)[nH]2)CC1. The van der Waals surface area contributed by atoms with Crippen LogP contribution < -0.4 is 5.32 Å². The van der Waals surface area contributed by atoms with Crippen molar-refractivity contribution < 1.29 is 14.6 Å². The monoisotopic (exact) mass is 477 g/mol. The van der Waals surface area contributed by atoms with Crippen molar-refractivity contribution in [1.29, 1.82) is 5.26 Å². The number of nitrogens with zero attached hydrogens (tertiary/aromatic N) is 3. The van der Waals surface area contributed by atoms with E-state index in [1.807, 2.05) is 39.0 Å². The summed E-state index contributed by atoms with van der Waals surface area (Å²) in [5.41, 5.74) is 2.90. The van der Waals surface area contributed by atoms with E-state index >= 15 is 0 Å². The number of pyridine rings is 1. The molecule has 0 spiro atoms. The number of allylic oxidation sites excluding steroid dienone is 2. The highest BCUT2D eigenvalue weighted by molar-refractivity contribution is 6.03. The van der Waals surface area contributed by atoms with Crippen LogP contribution in [0.5, 0.6) is 0 Å². The zero-order chi connectivity index (χ0) is 25.4. The van der Waals surface area contributed by atoms with E-state index in [9.17, 15) is 9.90 Å². The minimum Gasteiger partial charge on any atom is -0.393 e. The Balaban J connectivity index is 1.70. The van der Waals surface area contributed by atoms with Gasteiger partial charge in [-0.15, -0.1) is 0 Å². The highest BCUT2D eigenvalue weighted by atomic mass is 16.5. The lowest BCUT2D eigenvalue weighted by atomic mass is 9.77. The number of ether oxygens (including phenoxy) is 1. The summed E-state index contributed by atoms with van der Waals surface area (Å²) in [6.07, 6.45) is 7.88. The van der Waals surface area contributed by atoms with Crippen LogP contribution in [0.1, 0.15) is 100 Å². The van der Waals surface area contributed by atoms with Crippen molar-refractivity contribution in [1.82, 2.24) is 15.0 Å². The van der Waals surface area contributed by atoms with Gasteiger partial charge < -0.3 is 20.1 Å². The summed E-state index contributed by atoms with van der Waals surface area (Å²) in [7, 11) is 0. The van der Waals surface area contributed by atoms with Gasteiger partial charge in [0.1, 0.15) is 11.8 Å². The molecule has 1 aliphatic heterocycles. The Morgan fingerprint density at radius 2 is 2.06 bits per heavy atom. The molecule has 8 nitrogen and oxygen atoms in total. The van der Waals surface area contributed by atoms with Gasteiger partial charge in [0.15, 0.2) is 5.82 Å². The maximum Gasteiger partial charge on any atom is 0.291 e. The van der Waals surface area contributed by atoms with Gasteiger partial charge >= 0.3 is 0 Å². The average molecular weight is 478 g/mol. The number of hydrogen-bond donors (Lipinski definition) is 3. The molecule has 8 heteroatoms. The van der Waals surface area contributed by atoms with Gasteiger partial charge in [-0.05, 0) is 76.0 Å². The lowest BCUT2D eigenvalue weighted by Crippen LogP contribution is -2.48. The highest BCUT2D eigenvalue weighted by Gasteiger charge is 2.43. The Morgan fingerprint density at radius 3 is 2.69 bits per heavy atom. The number of H-pyrrole nitrogens is 1. The first-order chi connectivity index (χ1) is 16.4. The first-order valence-corrected chi connectivity index (χ1v) is 12.2. The summed E-state index contributed by atoms with van der Waals surface area (Å²) in [6, 6.07) is 5.81. The van der Waals surface area contributed by atoms with Crippen LogP contribution in [0.4, 0.5) is 5.69 Å². The fraction of sp³-hybridized carbons (Fsp3) is 0.556. The summed E-state index contributed by atoms with van der Waals surface area (Å²) >= 11 is 0. The molecular formula is C27H35N5O3. The molecule has 1 saturated heterocycles. The van der Waals surface area contributed by atoms with E-state index in [0.717, 1.165) is 42.6 Å². The normalized spacial score (nSPS) is 25.4. The Hall–Kier alpha value is -3.02. The topological polar surface area (TPSA) is 124 Å². The predicted molar refractivity (Wildman–Crippen MR) is 134 cm³/mol. The number of anilines is 1. The Labute approximate surface area is 206 Å². The van der Waals surface area contributed by atoms with Gasteiger partial charge in [0.25, 0.3) is 5.91 Å². The minimum atomic E-state index is -0.632. The number of amides is 1. The van der Waals surface area contributed by atoms with Crippen molar-refractivity contribution in [2.75, 3.05) is 11.9 Å². The van der Waals surface area contributed by atoms with Gasteiger partial charge in [0.2, 0.25) is 0 Å². The molecule has 0 bridgehead atoms. The number of aromatic amines is 1. The lowest BCUT2D eigenvalue weighted by Gasteiger charge is -2.46. The van der Waals surface area contributed by atoms with Gasteiger partial charge in [-0.1, -0.05) is 19.9 Å². The molecule has 1 aliphatic carbocycles. The van der Waals surface area contributed by atoms with Gasteiger partial charge in [-0.3, -0.25) is 9.78 Å². The second-order valence-electron chi connectivity index (χ2n) is 11.5. The molecule has 0 saturated carbocycles. The first-order valence-electron chi connectivity index (χ1n) is 12.2. The number of carbonyl (C=O) groups is 1. The molecule has 0 radical (unpaired) electrons. The number of aliphatic hydroxyl groups excluding tert-OH is 1. The van der Waals surface area contributed by atoms with Crippen LogP contribution in [0, 0.1) is 16.7 Å². The van der Waals surface area contributed by atoms with Crippen molar-refractivity contribution in [3.63, 3.8) is 0 Å². The Bertz CT molecular complexity index is 1190. The van der Waals surface area contributed by atoms with Gasteiger partial charge in [0.05, 0.1) is 35.4 Å². The molecule has 2 atom stereocenters. The molecule has 1 fully saturated rings. The molecule has 2 aliphatic rings. The van der Waals surface area contributed by atoms with Crippen molar-refractivity contribution in [2.24, 2.45) is 5.41 Å². The number of imidazole rings is 1. The molecule has 1 amide bonds. The molecule has 35 heavy (non-hydrogen) atoms. The number of rotatable bonds is 5. The van der Waals surface area contributed by atoms with E-state index in [-0.39, 0.29) is 35.1 Å². The Kier molecular flexibility index (Phi) is 6.60. The first kappa shape index (κ1) is 25.1. The van der Waals surface area contributed by atoms with Crippen LogP contribution in [0.25, 0.3) is 5.57 Å². The number of aliphatic hydroxyl groups is 1. The minimum absolute atomic E-state index is 0.0536. The summed E-state index contributed by atoms with van der Waals surface area (Å²) in [4.78, 5) is 24.7. The van der Waals surface area contributed by atoms with Crippen LogP contribution in [0.3, 0.4) is 0 Å². The van der Waals surface area contributed by atoms with E-state index in [1.54, 1.807) is 0 Å². The lowest BCUT2D eigenvalue weighted by molar-refractivity contribution is -0.187. The molecule has 0 unspecified atom stereocenters. The molecular weight excluding hydrogens is 442 g/mol. The zero-order valence-electron chi connectivity index (χ0n) is 21.2. The molecule has 2 aromatic heterocycles. The highest BCUT2D eigenvalue weighted by Crippen LogP contribution is 2.44. The fourth-order valence-electron chi connectivity index (χ4n) is 5.26. The van der Waals surface area contributed by atoms with Crippen LogP contribution >= 0.6 is 0 Å². The van der Waals surface area contributed by atoms with Crippen molar-refractivity contribution in [3.05, 3.63) is 47.3 Å². The molecule has 3 heterocycles. The number of hydrogen-bond acceptors (Lipinski definition) is 6. The number of aromatic nitrogens is 3. The van der Waals surface area contributed by atoms with Crippen LogP contribution in [0.2, 0.25) is 0 Å². The van der Waals surface area contributed by atoms with Crippen molar-refractivity contribution >= 4 is 17.2 Å². The van der Waals surface area contributed by atoms with Crippen molar-refractivity contribution in [3.8, 4) is 6.07 Å². The van der Waals surface area contributed by atoms with Gasteiger partial charge in [-0.2, -0.15) is 5.26 Å². The maximum absolute atomic E-state index is 12.9. The zero-order valence-corrected chi connectivity index (χ0v) is 21.2. The number of nitrogens with one attached hydrogen (secondary N) is 2. The summed E-state index contributed by atoms with van der Waals surface area (Å²) in [5, 5.41) is 22.0. The van der Waals surface area contributed by atoms with Gasteiger partial charge in [0, 0.05) is 11.6 Å².